The number of benzene rings is 1. The number of fused-ring (bicyclic) bond motifs is 1. The van der Waals surface area contributed by atoms with Gasteiger partial charge < -0.3 is 13.7 Å². The molecule has 3 rings (SSSR count). The van der Waals surface area contributed by atoms with Gasteiger partial charge in [0, 0.05) is 11.5 Å². The number of halogens is 1. The van der Waals surface area contributed by atoms with Gasteiger partial charge in [-0.15, -0.1) is 0 Å². The number of carbonyl (C=O) groups excluding carboxylic acids is 2. The molecule has 2 aliphatic heterocycles. The van der Waals surface area contributed by atoms with Crippen molar-refractivity contribution in [3.05, 3.63) is 28.7 Å². The molecule has 0 saturated carbocycles. The third-order valence-corrected chi connectivity index (χ3v) is 4.15. The fourth-order valence-electron chi connectivity index (χ4n) is 2.82. The zero-order valence-electron chi connectivity index (χ0n) is 9.76. The Kier molecular flexibility index (Phi) is 2.34. The van der Waals surface area contributed by atoms with E-state index >= 15 is 0 Å². The molecule has 2 aliphatic rings. The minimum absolute atomic E-state index is 0.165. The highest BCUT2D eigenvalue weighted by molar-refractivity contribution is 9.10. The van der Waals surface area contributed by atoms with Crippen LogP contribution < -0.4 is 5.46 Å². The number of likely N-dealkylation sites (N-methyl/N-ethyl adjacent to an activating group) is 1. The van der Waals surface area contributed by atoms with Crippen molar-refractivity contribution >= 4 is 40.0 Å². The van der Waals surface area contributed by atoms with Gasteiger partial charge in [-0.05, 0) is 11.5 Å². The normalized spacial score (nSPS) is 34.1. The molecule has 5 nitrogen and oxygen atoms in total. The van der Waals surface area contributed by atoms with Crippen molar-refractivity contribution in [2.45, 2.75) is 0 Å². The van der Waals surface area contributed by atoms with E-state index in [4.69, 9.17) is 9.31 Å². The van der Waals surface area contributed by atoms with Gasteiger partial charge in [0.15, 0.2) is 0 Å². The predicted octanol–water partition coefficient (Wildman–Crippen LogP) is 0.155. The number of hydrogen-bond acceptors (Lipinski definition) is 4. The highest BCUT2D eigenvalue weighted by atomic mass is 79.9. The number of carbonyl (C=O) groups is 2. The van der Waals surface area contributed by atoms with Crippen molar-refractivity contribution in [2.75, 3.05) is 20.1 Å². The Labute approximate surface area is 112 Å². The van der Waals surface area contributed by atoms with E-state index in [0.717, 1.165) is 9.94 Å². The second kappa shape index (κ2) is 3.58. The summed E-state index contributed by atoms with van der Waals surface area (Å²) >= 11 is 3.37. The van der Waals surface area contributed by atoms with Crippen molar-refractivity contribution < 1.29 is 23.3 Å². The van der Waals surface area contributed by atoms with Gasteiger partial charge in [-0.3, -0.25) is 9.59 Å². The number of nitrogens with zero attached hydrogens (tertiary/aromatic N) is 1. The molecule has 1 aromatic rings. The predicted molar refractivity (Wildman–Crippen MR) is 67.6 cm³/mol. The summed E-state index contributed by atoms with van der Waals surface area (Å²) < 4.78 is 11.9. The summed E-state index contributed by atoms with van der Waals surface area (Å²) in [6, 6.07) is 7.35. The van der Waals surface area contributed by atoms with E-state index in [0.29, 0.717) is 0 Å². The van der Waals surface area contributed by atoms with Gasteiger partial charge in [0.2, 0.25) is 0 Å². The topological polar surface area (TPSA) is 52.6 Å². The Hall–Kier alpha value is -1.34. The van der Waals surface area contributed by atoms with Gasteiger partial charge in [0.1, 0.15) is 13.1 Å². The lowest BCUT2D eigenvalue weighted by Gasteiger charge is -2.40. The summed E-state index contributed by atoms with van der Waals surface area (Å²) in [7, 11) is 1.82. The zero-order chi connectivity index (χ0) is 13.0. The molecule has 0 amide bonds. The standard InChI is InChI=1S/C11H11BBrNO4/c1-14-6-10(15)17-12(14,18-11(16)7-14)8-3-2-4-9(13)5-8/h2-5H,6-7H2,1H3. The maximum atomic E-state index is 11.6. The first kappa shape index (κ1) is 11.7. The molecule has 0 unspecified atom stereocenters. The van der Waals surface area contributed by atoms with E-state index in [1.165, 1.54) is 0 Å². The molecule has 18 heavy (non-hydrogen) atoms. The van der Waals surface area contributed by atoms with Crippen LogP contribution in [-0.4, -0.2) is 43.2 Å². The third kappa shape index (κ3) is 1.44. The first-order valence-electron chi connectivity index (χ1n) is 5.63. The molecule has 0 spiro atoms. The van der Waals surface area contributed by atoms with E-state index < -0.39 is 6.69 Å². The fourth-order valence-corrected chi connectivity index (χ4v) is 3.24. The average molecular weight is 312 g/mol. The van der Waals surface area contributed by atoms with Crippen molar-refractivity contribution in [3.63, 3.8) is 0 Å². The Morgan fingerprint density at radius 2 is 1.83 bits per heavy atom. The van der Waals surface area contributed by atoms with Gasteiger partial charge in [0.25, 0.3) is 0 Å². The molecular weight excluding hydrogens is 301 g/mol. The lowest BCUT2D eigenvalue weighted by molar-refractivity contribution is -0.791. The second-order valence-corrected chi connectivity index (χ2v) is 5.92. The maximum Gasteiger partial charge on any atom is 0.614 e. The van der Waals surface area contributed by atoms with Crippen LogP contribution in [0.3, 0.4) is 0 Å². The fraction of sp³-hybridized carbons (Fsp3) is 0.273. The summed E-state index contributed by atoms with van der Waals surface area (Å²) in [5, 5.41) is 0. The quantitative estimate of drug-likeness (QED) is 0.693. The Bertz CT molecular complexity index is 542. The van der Waals surface area contributed by atoms with E-state index in [1.54, 1.807) is 0 Å². The largest absolute Gasteiger partial charge is 0.614 e. The Morgan fingerprint density at radius 1 is 1.22 bits per heavy atom. The molecule has 2 fully saturated rings. The van der Waals surface area contributed by atoms with Crippen molar-refractivity contribution in [2.24, 2.45) is 0 Å². The SMILES string of the molecule is C[N+]12CC(=O)O[B-]1(c1cccc(Br)c1)OC(=O)C2. The van der Waals surface area contributed by atoms with Crippen molar-refractivity contribution in [1.29, 1.82) is 0 Å². The molecule has 7 heteroatoms. The molecule has 0 bridgehead atoms. The van der Waals surface area contributed by atoms with Crippen LogP contribution in [0.15, 0.2) is 28.7 Å². The highest BCUT2D eigenvalue weighted by Gasteiger charge is 2.66. The van der Waals surface area contributed by atoms with Gasteiger partial charge in [-0.2, -0.15) is 0 Å². The summed E-state index contributed by atoms with van der Waals surface area (Å²) in [6.07, 6.45) is 0. The summed E-state index contributed by atoms with van der Waals surface area (Å²) in [5.41, 5.74) is 0.726. The summed E-state index contributed by atoms with van der Waals surface area (Å²) in [5.74, 6) is -0.657. The average Bonchev–Trinajstić information content (AvgIpc) is 2.62. The molecule has 0 aliphatic carbocycles. The van der Waals surface area contributed by atoms with Crippen LogP contribution >= 0.6 is 15.9 Å². The molecule has 2 saturated heterocycles. The van der Waals surface area contributed by atoms with Crippen molar-refractivity contribution in [3.8, 4) is 0 Å². The van der Waals surface area contributed by atoms with Crippen LogP contribution in [0.1, 0.15) is 0 Å². The Balaban J connectivity index is 2.17. The van der Waals surface area contributed by atoms with Crippen LogP contribution in [-0.2, 0) is 18.9 Å². The van der Waals surface area contributed by atoms with Crippen LogP contribution in [0, 0.1) is 0 Å². The number of rotatable bonds is 1. The summed E-state index contributed by atoms with van der Waals surface area (Å²) in [4.78, 5) is 23.2. The van der Waals surface area contributed by atoms with Crippen LogP contribution in [0.2, 0.25) is 0 Å². The van der Waals surface area contributed by atoms with Crippen molar-refractivity contribution in [1.82, 2.24) is 0 Å². The zero-order valence-corrected chi connectivity index (χ0v) is 11.3. The van der Waals surface area contributed by atoms with E-state index in [1.807, 2.05) is 31.3 Å². The minimum atomic E-state index is -2.10. The van der Waals surface area contributed by atoms with Crippen LogP contribution in [0.5, 0.6) is 0 Å². The van der Waals surface area contributed by atoms with Gasteiger partial charge in [0.05, 0.1) is 0 Å². The number of hydrogen-bond donors (Lipinski definition) is 0. The third-order valence-electron chi connectivity index (χ3n) is 3.65. The van der Waals surface area contributed by atoms with Crippen LogP contribution in [0.25, 0.3) is 0 Å². The number of quaternary nitrogens is 1. The first-order valence-corrected chi connectivity index (χ1v) is 6.42. The smallest absolute Gasteiger partial charge is 0.596 e. The van der Waals surface area contributed by atoms with E-state index in [-0.39, 0.29) is 29.4 Å². The van der Waals surface area contributed by atoms with Gasteiger partial charge in [-0.1, -0.05) is 34.1 Å². The molecule has 0 aromatic heterocycles. The maximum absolute atomic E-state index is 11.6. The van der Waals surface area contributed by atoms with Gasteiger partial charge in [-0.25, -0.2) is 0 Å². The molecule has 1 aromatic carbocycles. The minimum Gasteiger partial charge on any atom is -0.596 e. The molecule has 94 valence electrons. The van der Waals surface area contributed by atoms with Crippen LogP contribution in [0.4, 0.5) is 0 Å². The van der Waals surface area contributed by atoms with E-state index in [9.17, 15) is 9.59 Å². The lowest BCUT2D eigenvalue weighted by atomic mass is 9.61. The lowest BCUT2D eigenvalue weighted by Crippen LogP contribution is -2.67. The Morgan fingerprint density at radius 3 is 2.39 bits per heavy atom. The van der Waals surface area contributed by atoms with E-state index in [2.05, 4.69) is 15.9 Å². The van der Waals surface area contributed by atoms with Gasteiger partial charge >= 0.3 is 18.6 Å². The molecule has 0 atom stereocenters. The molecule has 0 N–H and O–H groups in total. The molecular formula is C11H11BBrNO4. The monoisotopic (exact) mass is 311 g/mol. The molecule has 0 radical (unpaired) electrons. The first-order chi connectivity index (χ1) is 8.45. The second-order valence-electron chi connectivity index (χ2n) is 5.00. The molecule has 2 heterocycles. The summed E-state index contributed by atoms with van der Waals surface area (Å²) in [6.45, 7) is -1.77. The highest BCUT2D eigenvalue weighted by Crippen LogP contribution is 2.33.